The Morgan fingerprint density at radius 1 is 1.19 bits per heavy atom. The number of hydrogen-bond acceptors (Lipinski definition) is 6. The summed E-state index contributed by atoms with van der Waals surface area (Å²) < 4.78 is 24.6. The average Bonchev–Trinajstić information content (AvgIpc) is 3.01. The zero-order chi connectivity index (χ0) is 18.7. The molecule has 2 aromatic rings. The van der Waals surface area contributed by atoms with Crippen molar-refractivity contribution in [1.29, 1.82) is 0 Å². The van der Waals surface area contributed by atoms with Gasteiger partial charge in [0.15, 0.2) is 0 Å². The third-order valence-electron chi connectivity index (χ3n) is 4.00. The first-order valence-corrected chi connectivity index (χ1v) is 9.74. The Labute approximate surface area is 159 Å². The summed E-state index contributed by atoms with van der Waals surface area (Å²) in [5.41, 5.74) is 3.10. The van der Waals surface area contributed by atoms with Crippen molar-refractivity contribution in [3.8, 4) is 0 Å². The van der Waals surface area contributed by atoms with Gasteiger partial charge in [-0.3, -0.25) is 0 Å². The summed E-state index contributed by atoms with van der Waals surface area (Å²) in [6, 6.07) is 10.4. The summed E-state index contributed by atoms with van der Waals surface area (Å²) in [5.74, 6) is -0.880. The van der Waals surface area contributed by atoms with Gasteiger partial charge in [0, 0.05) is 20.9 Å². The molecule has 4 nitrogen and oxygen atoms in total. The molecule has 1 aliphatic rings. The second kappa shape index (κ2) is 8.26. The molecule has 136 valence electrons. The highest BCUT2D eigenvalue weighted by Gasteiger charge is 2.29. The highest BCUT2D eigenvalue weighted by atomic mass is 32.2. The number of carbonyl (C=O) groups excluding carboxylic acids is 1. The molecule has 0 bridgehead atoms. The molecular formula is C19H17FO4S2. The molecule has 0 fully saturated rings. The molecule has 2 aromatic carbocycles. The third-order valence-corrected chi connectivity index (χ3v) is 5.55. The van der Waals surface area contributed by atoms with Gasteiger partial charge in [0.05, 0.1) is 24.7 Å². The molecule has 26 heavy (non-hydrogen) atoms. The maximum absolute atomic E-state index is 14.6. The number of halogens is 1. The third kappa shape index (κ3) is 3.81. The second-order valence-corrected chi connectivity index (χ2v) is 7.20. The van der Waals surface area contributed by atoms with Crippen molar-refractivity contribution in [2.45, 2.75) is 16.7 Å². The van der Waals surface area contributed by atoms with Crippen LogP contribution in [0.4, 0.5) is 4.39 Å². The van der Waals surface area contributed by atoms with Crippen LogP contribution in [-0.4, -0.2) is 25.9 Å². The summed E-state index contributed by atoms with van der Waals surface area (Å²) in [6.45, 7) is 2.04. The van der Waals surface area contributed by atoms with Crippen LogP contribution in [-0.2, 0) is 18.8 Å². The fourth-order valence-corrected chi connectivity index (χ4v) is 3.82. The number of thioether (sulfide) groups is 1. The van der Waals surface area contributed by atoms with Crippen LogP contribution < -0.4 is 0 Å². The van der Waals surface area contributed by atoms with E-state index in [1.807, 2.05) is 31.4 Å². The number of esters is 1. The van der Waals surface area contributed by atoms with E-state index in [-0.39, 0.29) is 6.61 Å². The van der Waals surface area contributed by atoms with Gasteiger partial charge in [-0.2, -0.15) is 4.33 Å². The normalized spacial score (nSPS) is 14.1. The van der Waals surface area contributed by atoms with Gasteiger partial charge in [-0.15, -0.1) is 11.8 Å². The predicted octanol–water partition coefficient (Wildman–Crippen LogP) is 4.91. The van der Waals surface area contributed by atoms with Crippen molar-refractivity contribution in [3.05, 3.63) is 58.9 Å². The fourth-order valence-electron chi connectivity index (χ4n) is 2.81. The van der Waals surface area contributed by atoms with E-state index in [0.717, 1.165) is 28.1 Å². The van der Waals surface area contributed by atoms with Gasteiger partial charge in [0.2, 0.25) is 0 Å². The standard InChI is InChI=1S/C19H17FO4S2/c1-11-8-12(4-7-17(11)25-3)18-15(10-23-19(18)21)14-6-5-13(9-16(14)20)26-24-22-2/h4-9H,10H2,1-3H3. The smallest absolute Gasteiger partial charge is 0.339 e. The van der Waals surface area contributed by atoms with Gasteiger partial charge in [-0.05, 0) is 42.5 Å². The van der Waals surface area contributed by atoms with Crippen molar-refractivity contribution in [1.82, 2.24) is 0 Å². The molecule has 0 N–H and O–H groups in total. The SMILES string of the molecule is COOSc1ccc(C2=C(c3ccc(SC)c(C)c3)C(=O)OC2)c(F)c1. The number of ether oxygens (including phenoxy) is 1. The Hall–Kier alpha value is -1.80. The van der Waals surface area contributed by atoms with Crippen LogP contribution in [0, 0.1) is 12.7 Å². The first-order chi connectivity index (χ1) is 12.5. The number of carbonyl (C=O) groups is 1. The molecule has 0 unspecified atom stereocenters. The molecule has 7 heteroatoms. The Bertz CT molecular complexity index is 880. The van der Waals surface area contributed by atoms with Gasteiger partial charge in [-0.1, -0.05) is 18.2 Å². The highest BCUT2D eigenvalue weighted by molar-refractivity contribution is 7.98. The Kier molecular flexibility index (Phi) is 6.03. The average molecular weight is 392 g/mol. The predicted molar refractivity (Wildman–Crippen MR) is 101 cm³/mol. The van der Waals surface area contributed by atoms with E-state index in [2.05, 4.69) is 4.89 Å². The molecular weight excluding hydrogens is 375 g/mol. The van der Waals surface area contributed by atoms with Crippen molar-refractivity contribution >= 4 is 40.9 Å². The van der Waals surface area contributed by atoms with Gasteiger partial charge in [0.1, 0.15) is 12.4 Å². The summed E-state index contributed by atoms with van der Waals surface area (Å²) in [5, 5.41) is 0. The maximum Gasteiger partial charge on any atom is 0.339 e. The van der Waals surface area contributed by atoms with Gasteiger partial charge in [0.25, 0.3) is 0 Å². The lowest BCUT2D eigenvalue weighted by atomic mass is 9.95. The van der Waals surface area contributed by atoms with Crippen LogP contribution in [0.3, 0.4) is 0 Å². The van der Waals surface area contributed by atoms with Crippen molar-refractivity contribution in [2.75, 3.05) is 20.0 Å². The summed E-state index contributed by atoms with van der Waals surface area (Å²) in [6.07, 6.45) is 2.00. The fraction of sp³-hybridized carbons (Fsp3) is 0.211. The number of cyclic esters (lactones) is 1. The van der Waals surface area contributed by atoms with Crippen LogP contribution in [0.5, 0.6) is 0 Å². The number of hydrogen-bond donors (Lipinski definition) is 0. The lowest BCUT2D eigenvalue weighted by molar-refractivity contribution is -0.160. The molecule has 0 aromatic heterocycles. The molecule has 3 rings (SSSR count). The first-order valence-electron chi connectivity index (χ1n) is 7.77. The van der Waals surface area contributed by atoms with E-state index >= 15 is 0 Å². The van der Waals surface area contributed by atoms with Crippen LogP contribution in [0.1, 0.15) is 16.7 Å². The summed E-state index contributed by atoms with van der Waals surface area (Å²) in [7, 11) is 1.38. The minimum atomic E-state index is -0.446. The molecule has 0 atom stereocenters. The number of benzene rings is 2. The van der Waals surface area contributed by atoms with E-state index in [0.29, 0.717) is 21.6 Å². The van der Waals surface area contributed by atoms with Gasteiger partial charge in [-0.25, -0.2) is 14.1 Å². The second-order valence-electron chi connectivity index (χ2n) is 5.57. The number of rotatable bonds is 6. The molecule has 0 spiro atoms. The summed E-state index contributed by atoms with van der Waals surface area (Å²) >= 11 is 2.55. The van der Waals surface area contributed by atoms with Gasteiger partial charge < -0.3 is 4.74 Å². The molecule has 0 radical (unpaired) electrons. The molecule has 0 aliphatic carbocycles. The van der Waals surface area contributed by atoms with Crippen LogP contribution in [0.2, 0.25) is 0 Å². The Morgan fingerprint density at radius 3 is 2.65 bits per heavy atom. The van der Waals surface area contributed by atoms with Crippen LogP contribution in [0.25, 0.3) is 11.1 Å². The Morgan fingerprint density at radius 2 is 2.00 bits per heavy atom. The maximum atomic E-state index is 14.6. The van der Waals surface area contributed by atoms with Crippen molar-refractivity contribution < 1.29 is 23.1 Å². The first kappa shape index (κ1) is 19.0. The van der Waals surface area contributed by atoms with E-state index < -0.39 is 11.8 Å². The largest absolute Gasteiger partial charge is 0.457 e. The van der Waals surface area contributed by atoms with E-state index in [9.17, 15) is 9.18 Å². The van der Waals surface area contributed by atoms with E-state index in [1.54, 1.807) is 23.9 Å². The molecule has 1 aliphatic heterocycles. The van der Waals surface area contributed by atoms with Crippen molar-refractivity contribution in [3.63, 3.8) is 0 Å². The quantitative estimate of drug-likeness (QED) is 0.229. The van der Waals surface area contributed by atoms with Crippen molar-refractivity contribution in [2.24, 2.45) is 0 Å². The summed E-state index contributed by atoms with van der Waals surface area (Å²) in [4.78, 5) is 18.5. The minimum Gasteiger partial charge on any atom is -0.457 e. The van der Waals surface area contributed by atoms with Crippen LogP contribution >= 0.6 is 23.8 Å². The molecule has 0 saturated carbocycles. The zero-order valence-corrected chi connectivity index (χ0v) is 16.1. The molecule has 0 saturated heterocycles. The monoisotopic (exact) mass is 392 g/mol. The minimum absolute atomic E-state index is 0.0511. The molecule has 1 heterocycles. The number of aryl methyl sites for hydroxylation is 1. The molecule has 0 amide bonds. The Balaban J connectivity index is 2.04. The van der Waals surface area contributed by atoms with Crippen LogP contribution in [0.15, 0.2) is 46.2 Å². The lowest BCUT2D eigenvalue weighted by Crippen LogP contribution is -1.99. The topological polar surface area (TPSA) is 44.8 Å². The highest BCUT2D eigenvalue weighted by Crippen LogP contribution is 2.36. The van der Waals surface area contributed by atoms with Gasteiger partial charge >= 0.3 is 5.97 Å². The van der Waals surface area contributed by atoms with E-state index in [1.165, 1.54) is 13.2 Å². The van der Waals surface area contributed by atoms with E-state index in [4.69, 9.17) is 9.07 Å². The zero-order valence-electron chi connectivity index (χ0n) is 14.5. The lowest BCUT2D eigenvalue weighted by Gasteiger charge is -2.09.